The maximum atomic E-state index is 2.56. The van der Waals surface area contributed by atoms with E-state index in [9.17, 15) is 0 Å². The third-order valence-corrected chi connectivity index (χ3v) is 10.2. The minimum absolute atomic E-state index is 0.116. The van der Waals surface area contributed by atoms with Crippen molar-refractivity contribution in [1.82, 2.24) is 0 Å². The molecule has 0 amide bonds. The van der Waals surface area contributed by atoms with Crippen molar-refractivity contribution < 1.29 is 0 Å². The van der Waals surface area contributed by atoms with Crippen molar-refractivity contribution in [3.05, 3.63) is 143 Å². The Balaban J connectivity index is 1.46. The molecular weight excluding hydrogens is 557 g/mol. The molecule has 0 aliphatic carbocycles. The van der Waals surface area contributed by atoms with Gasteiger partial charge in [-0.3, -0.25) is 0 Å². The molecular formula is C42H36BN3. The molecule has 0 saturated carbocycles. The fourth-order valence-electron chi connectivity index (χ4n) is 8.09. The van der Waals surface area contributed by atoms with Crippen LogP contribution >= 0.6 is 0 Å². The van der Waals surface area contributed by atoms with Crippen LogP contribution in [0.3, 0.4) is 0 Å². The zero-order chi connectivity index (χ0) is 31.4. The molecule has 9 rings (SSSR count). The molecule has 3 aliphatic rings. The van der Waals surface area contributed by atoms with E-state index in [1.165, 1.54) is 101 Å². The van der Waals surface area contributed by atoms with E-state index < -0.39 is 0 Å². The third kappa shape index (κ3) is 3.67. The normalized spacial score (nSPS) is 13.7. The molecule has 0 spiro atoms. The van der Waals surface area contributed by atoms with Gasteiger partial charge in [-0.25, -0.2) is 0 Å². The van der Waals surface area contributed by atoms with E-state index >= 15 is 0 Å². The topological polar surface area (TPSA) is 9.72 Å². The van der Waals surface area contributed by atoms with Crippen molar-refractivity contribution in [2.75, 3.05) is 14.7 Å². The van der Waals surface area contributed by atoms with Gasteiger partial charge in [0, 0.05) is 51.2 Å². The van der Waals surface area contributed by atoms with Gasteiger partial charge >= 0.3 is 0 Å². The first kappa shape index (κ1) is 27.1. The van der Waals surface area contributed by atoms with Gasteiger partial charge in [0.2, 0.25) is 0 Å². The fourth-order valence-corrected chi connectivity index (χ4v) is 8.09. The first-order valence-electron chi connectivity index (χ1n) is 16.3. The Morgan fingerprint density at radius 2 is 0.717 bits per heavy atom. The van der Waals surface area contributed by atoms with Crippen molar-refractivity contribution >= 4 is 74.3 Å². The maximum absolute atomic E-state index is 2.56. The lowest BCUT2D eigenvalue weighted by Crippen LogP contribution is -2.65. The van der Waals surface area contributed by atoms with Crippen molar-refractivity contribution in [3.8, 4) is 0 Å². The van der Waals surface area contributed by atoms with Gasteiger partial charge in [-0.05, 0) is 135 Å². The molecule has 6 aromatic carbocycles. The molecule has 0 N–H and O–H groups in total. The van der Waals surface area contributed by atoms with E-state index in [1.807, 2.05) is 0 Å². The predicted octanol–water partition coefficient (Wildman–Crippen LogP) is 9.40. The Morgan fingerprint density at radius 3 is 1.11 bits per heavy atom. The molecule has 3 heterocycles. The molecule has 0 aromatic heterocycles. The number of hydrogen-bond acceptors (Lipinski definition) is 3. The zero-order valence-corrected chi connectivity index (χ0v) is 27.3. The molecule has 6 aromatic rings. The van der Waals surface area contributed by atoms with E-state index in [1.54, 1.807) is 0 Å². The highest BCUT2D eigenvalue weighted by Crippen LogP contribution is 2.51. The summed E-state index contributed by atoms with van der Waals surface area (Å²) >= 11 is 0. The number of nitrogens with zero attached hydrogens (tertiary/aromatic N) is 3. The monoisotopic (exact) mass is 593 g/mol. The van der Waals surface area contributed by atoms with Gasteiger partial charge in [-0.15, -0.1) is 0 Å². The van der Waals surface area contributed by atoms with Gasteiger partial charge < -0.3 is 14.7 Å². The number of hydrogen-bond donors (Lipinski definition) is 0. The van der Waals surface area contributed by atoms with Gasteiger partial charge in [0.1, 0.15) is 0 Å². The van der Waals surface area contributed by atoms with Crippen LogP contribution < -0.4 is 31.1 Å². The average Bonchev–Trinajstić information content (AvgIpc) is 3.05. The van der Waals surface area contributed by atoms with Gasteiger partial charge in [0.05, 0.1) is 0 Å². The summed E-state index contributed by atoms with van der Waals surface area (Å²) in [5, 5.41) is 0. The molecule has 0 radical (unpaired) electrons. The summed E-state index contributed by atoms with van der Waals surface area (Å²) in [6.07, 6.45) is 0. The van der Waals surface area contributed by atoms with Crippen LogP contribution in [0.5, 0.6) is 0 Å². The molecule has 0 fully saturated rings. The first-order chi connectivity index (χ1) is 22.3. The molecule has 0 unspecified atom stereocenters. The Bertz CT molecular complexity index is 2080. The van der Waals surface area contributed by atoms with E-state index in [0.717, 1.165) is 0 Å². The van der Waals surface area contributed by atoms with Crippen LogP contribution in [0.2, 0.25) is 0 Å². The molecule has 3 aliphatic heterocycles. The lowest BCUT2D eigenvalue weighted by atomic mass is 9.31. The summed E-state index contributed by atoms with van der Waals surface area (Å²) in [5.74, 6) is 0. The zero-order valence-electron chi connectivity index (χ0n) is 27.3. The van der Waals surface area contributed by atoms with E-state index in [2.05, 4.69) is 165 Å². The molecule has 46 heavy (non-hydrogen) atoms. The quantitative estimate of drug-likeness (QED) is 0.189. The van der Waals surface area contributed by atoms with E-state index in [4.69, 9.17) is 0 Å². The van der Waals surface area contributed by atoms with E-state index in [0.29, 0.717) is 0 Å². The number of benzene rings is 6. The van der Waals surface area contributed by atoms with Gasteiger partial charge in [0.15, 0.2) is 0 Å². The van der Waals surface area contributed by atoms with Crippen LogP contribution in [-0.2, 0) is 0 Å². The summed E-state index contributed by atoms with van der Waals surface area (Å²) in [7, 11) is 0. The highest BCUT2D eigenvalue weighted by atomic mass is 15.2. The summed E-state index contributed by atoms with van der Waals surface area (Å²) in [6, 6.07) is 41.3. The SMILES string of the molecule is Cc1ccc(N2c3cc(C)cc4c3B3c5c2ccc(C)c5N(c2ccc(C)cc2)c2c(C)ccc(c23)N4c2ccc(C)cc2)cc1. The lowest BCUT2D eigenvalue weighted by Gasteiger charge is -2.50. The molecule has 4 heteroatoms. The Hall–Kier alpha value is -5.22. The Kier molecular flexibility index (Phi) is 5.69. The van der Waals surface area contributed by atoms with Crippen molar-refractivity contribution in [2.24, 2.45) is 0 Å². The molecule has 0 atom stereocenters. The highest BCUT2D eigenvalue weighted by molar-refractivity contribution is 7.02. The van der Waals surface area contributed by atoms with Crippen LogP contribution in [0.4, 0.5) is 51.2 Å². The first-order valence-corrected chi connectivity index (χ1v) is 16.3. The molecule has 0 bridgehead atoms. The van der Waals surface area contributed by atoms with Crippen LogP contribution in [0.25, 0.3) is 0 Å². The third-order valence-electron chi connectivity index (χ3n) is 10.2. The number of rotatable bonds is 3. The van der Waals surface area contributed by atoms with Crippen LogP contribution in [0.1, 0.15) is 33.4 Å². The number of aryl methyl sites for hydroxylation is 6. The molecule has 0 saturated heterocycles. The van der Waals surface area contributed by atoms with Gasteiger partial charge in [-0.2, -0.15) is 0 Å². The smallest absolute Gasteiger partial charge is 0.257 e. The Morgan fingerprint density at radius 1 is 0.348 bits per heavy atom. The maximum Gasteiger partial charge on any atom is 0.257 e. The molecule has 222 valence electrons. The second-order valence-electron chi connectivity index (χ2n) is 13.5. The van der Waals surface area contributed by atoms with Crippen LogP contribution in [0.15, 0.2) is 109 Å². The fraction of sp³-hybridized carbons (Fsp3) is 0.143. The number of anilines is 9. The summed E-state index contributed by atoms with van der Waals surface area (Å²) in [4.78, 5) is 7.60. The largest absolute Gasteiger partial charge is 0.311 e. The highest BCUT2D eigenvalue weighted by Gasteiger charge is 2.50. The average molecular weight is 594 g/mol. The lowest BCUT2D eigenvalue weighted by molar-refractivity contribution is 1.18. The van der Waals surface area contributed by atoms with Crippen molar-refractivity contribution in [3.63, 3.8) is 0 Å². The van der Waals surface area contributed by atoms with Crippen LogP contribution in [-0.4, -0.2) is 6.71 Å². The summed E-state index contributed by atoms with van der Waals surface area (Å²) in [5.41, 5.74) is 23.0. The summed E-state index contributed by atoms with van der Waals surface area (Å²) < 4.78 is 0. The van der Waals surface area contributed by atoms with Crippen molar-refractivity contribution in [1.29, 1.82) is 0 Å². The summed E-state index contributed by atoms with van der Waals surface area (Å²) in [6.45, 7) is 13.4. The Labute approximate surface area is 272 Å². The second-order valence-corrected chi connectivity index (χ2v) is 13.5. The van der Waals surface area contributed by atoms with Gasteiger partial charge in [0.25, 0.3) is 6.71 Å². The van der Waals surface area contributed by atoms with Crippen LogP contribution in [0, 0.1) is 41.5 Å². The molecule has 3 nitrogen and oxygen atoms in total. The van der Waals surface area contributed by atoms with Gasteiger partial charge in [-0.1, -0.05) is 65.2 Å². The minimum Gasteiger partial charge on any atom is -0.311 e. The van der Waals surface area contributed by atoms with E-state index in [-0.39, 0.29) is 6.71 Å². The second kappa shape index (κ2) is 9.64. The van der Waals surface area contributed by atoms with Crippen molar-refractivity contribution in [2.45, 2.75) is 41.5 Å². The minimum atomic E-state index is 0.116. The predicted molar refractivity (Wildman–Crippen MR) is 197 cm³/mol. The standard InChI is InChI=1S/C42H36BN3/c1-25-7-15-31(16-8-25)44-34-21-13-29(5)41-39(34)43-38-36(44)23-28(4)24-37(38)45(32-17-9-26(2)10-18-32)35-22-14-30(6)42(40(35)43)46(41)33-19-11-27(3)12-20-33/h7-24H,1-6H3.